The Morgan fingerprint density at radius 1 is 1.26 bits per heavy atom. The molecule has 9 heteroatoms. The number of hydrogen-bond donors (Lipinski definition) is 0. The molecule has 1 aromatic carbocycles. The Balaban J connectivity index is 2.53. The van der Waals surface area contributed by atoms with Crippen molar-refractivity contribution in [3.8, 4) is 5.75 Å². The van der Waals surface area contributed by atoms with Crippen LogP contribution in [0.2, 0.25) is 0 Å². The molecule has 0 bridgehead atoms. The van der Waals surface area contributed by atoms with Gasteiger partial charge in [-0.3, -0.25) is 10.1 Å². The number of alkyl halides is 3. The third-order valence-corrected chi connectivity index (χ3v) is 2.82. The standard InChI is InChI=1S/C14H18F3NO5/c1-3-21-10(2)23-13(14(15,16)17)8-9-22-12-6-4-11(5-7-12)18(19)20/h4-7,10,13H,3,8-9H2,1-2H3. The van der Waals surface area contributed by atoms with E-state index in [1.165, 1.54) is 31.2 Å². The highest BCUT2D eigenvalue weighted by Crippen LogP contribution is 2.27. The van der Waals surface area contributed by atoms with Crippen molar-refractivity contribution in [3.63, 3.8) is 0 Å². The summed E-state index contributed by atoms with van der Waals surface area (Å²) in [4.78, 5) is 9.92. The lowest BCUT2D eigenvalue weighted by molar-refractivity contribution is -0.384. The highest BCUT2D eigenvalue weighted by molar-refractivity contribution is 5.35. The number of non-ortho nitro benzene ring substituents is 1. The average Bonchev–Trinajstić information content (AvgIpc) is 2.46. The molecule has 130 valence electrons. The molecule has 1 rings (SSSR count). The smallest absolute Gasteiger partial charge is 0.414 e. The van der Waals surface area contributed by atoms with Gasteiger partial charge < -0.3 is 14.2 Å². The van der Waals surface area contributed by atoms with Crippen LogP contribution in [-0.4, -0.2) is 36.7 Å². The van der Waals surface area contributed by atoms with Gasteiger partial charge in [0.05, 0.1) is 11.5 Å². The summed E-state index contributed by atoms with van der Waals surface area (Å²) >= 11 is 0. The Morgan fingerprint density at radius 2 is 1.87 bits per heavy atom. The predicted molar refractivity (Wildman–Crippen MR) is 75.2 cm³/mol. The number of rotatable bonds is 9. The highest BCUT2D eigenvalue weighted by Gasteiger charge is 2.41. The zero-order valence-corrected chi connectivity index (χ0v) is 12.7. The molecule has 0 heterocycles. The molecule has 0 saturated carbocycles. The van der Waals surface area contributed by atoms with Crippen LogP contribution in [0.1, 0.15) is 20.3 Å². The third kappa shape index (κ3) is 6.83. The van der Waals surface area contributed by atoms with Crippen LogP contribution in [-0.2, 0) is 9.47 Å². The summed E-state index contributed by atoms with van der Waals surface area (Å²) in [6.45, 7) is 3.03. The second kappa shape index (κ2) is 8.68. The average molecular weight is 337 g/mol. The largest absolute Gasteiger partial charge is 0.493 e. The van der Waals surface area contributed by atoms with Crippen LogP contribution < -0.4 is 4.74 Å². The second-order valence-corrected chi connectivity index (χ2v) is 4.58. The Kier molecular flexibility index (Phi) is 7.24. The van der Waals surface area contributed by atoms with Crippen molar-refractivity contribution in [1.82, 2.24) is 0 Å². The number of hydrogen-bond acceptors (Lipinski definition) is 5. The molecule has 0 aromatic heterocycles. The SMILES string of the molecule is CCOC(C)OC(CCOc1ccc([N+](=O)[O-])cc1)C(F)(F)F. The van der Waals surface area contributed by atoms with Gasteiger partial charge in [0.1, 0.15) is 5.75 Å². The van der Waals surface area contributed by atoms with Crippen molar-refractivity contribution in [2.75, 3.05) is 13.2 Å². The van der Waals surface area contributed by atoms with E-state index in [1.807, 2.05) is 0 Å². The van der Waals surface area contributed by atoms with Crippen molar-refractivity contribution < 1.29 is 32.3 Å². The molecule has 2 unspecified atom stereocenters. The first-order valence-electron chi connectivity index (χ1n) is 6.95. The zero-order valence-electron chi connectivity index (χ0n) is 12.7. The van der Waals surface area contributed by atoms with Crippen molar-refractivity contribution in [1.29, 1.82) is 0 Å². The number of nitrogens with zero attached hydrogens (tertiary/aromatic N) is 1. The highest BCUT2D eigenvalue weighted by atomic mass is 19.4. The molecular weight excluding hydrogens is 319 g/mol. The van der Waals surface area contributed by atoms with Gasteiger partial charge in [-0.25, -0.2) is 0 Å². The van der Waals surface area contributed by atoms with Crippen LogP contribution in [0, 0.1) is 10.1 Å². The summed E-state index contributed by atoms with van der Waals surface area (Å²) < 4.78 is 53.6. The lowest BCUT2D eigenvalue weighted by Gasteiger charge is -2.24. The Morgan fingerprint density at radius 3 is 2.35 bits per heavy atom. The lowest BCUT2D eigenvalue weighted by atomic mass is 10.2. The molecule has 0 N–H and O–H groups in total. The molecule has 23 heavy (non-hydrogen) atoms. The normalized spacial score (nSPS) is 14.3. The summed E-state index contributed by atoms with van der Waals surface area (Å²) in [5, 5.41) is 10.5. The molecule has 0 spiro atoms. The lowest BCUT2D eigenvalue weighted by Crippen LogP contribution is -2.36. The Labute approximate surface area is 131 Å². The van der Waals surface area contributed by atoms with Crippen LogP contribution in [0.3, 0.4) is 0 Å². The maximum atomic E-state index is 12.9. The quantitative estimate of drug-likeness (QED) is 0.390. The van der Waals surface area contributed by atoms with E-state index < -0.39 is 29.9 Å². The minimum atomic E-state index is -4.54. The van der Waals surface area contributed by atoms with Crippen LogP contribution in [0.4, 0.5) is 18.9 Å². The van der Waals surface area contributed by atoms with Gasteiger partial charge in [0.25, 0.3) is 5.69 Å². The summed E-state index contributed by atoms with van der Waals surface area (Å²) in [5.74, 6) is 0.245. The summed E-state index contributed by atoms with van der Waals surface area (Å²) in [6, 6.07) is 5.07. The number of halogens is 3. The van der Waals surface area contributed by atoms with Gasteiger partial charge in [-0.05, 0) is 26.0 Å². The first-order valence-corrected chi connectivity index (χ1v) is 6.95. The fraction of sp³-hybridized carbons (Fsp3) is 0.571. The monoisotopic (exact) mass is 337 g/mol. The topological polar surface area (TPSA) is 70.8 Å². The number of ether oxygens (including phenoxy) is 3. The maximum absolute atomic E-state index is 12.9. The molecule has 1 aromatic rings. The number of nitro groups is 1. The second-order valence-electron chi connectivity index (χ2n) is 4.58. The van der Waals surface area contributed by atoms with Crippen molar-refractivity contribution in [3.05, 3.63) is 34.4 Å². The summed E-state index contributed by atoms with van der Waals surface area (Å²) in [6.07, 6.45) is -7.95. The van der Waals surface area contributed by atoms with Crippen LogP contribution >= 0.6 is 0 Å². The summed E-state index contributed by atoms with van der Waals surface area (Å²) in [7, 11) is 0. The third-order valence-electron chi connectivity index (χ3n) is 2.82. The maximum Gasteiger partial charge on any atom is 0.414 e. The van der Waals surface area contributed by atoms with Gasteiger partial charge in [0.2, 0.25) is 0 Å². The van der Waals surface area contributed by atoms with E-state index in [4.69, 9.17) is 14.2 Å². The minimum Gasteiger partial charge on any atom is -0.493 e. The van der Waals surface area contributed by atoms with E-state index in [0.29, 0.717) is 0 Å². The molecular formula is C14H18F3NO5. The molecule has 0 aliphatic carbocycles. The van der Waals surface area contributed by atoms with Gasteiger partial charge in [0.15, 0.2) is 12.4 Å². The van der Waals surface area contributed by atoms with Gasteiger partial charge in [-0.1, -0.05) is 0 Å². The first-order chi connectivity index (χ1) is 10.7. The molecule has 0 amide bonds. The van der Waals surface area contributed by atoms with E-state index in [9.17, 15) is 23.3 Å². The van der Waals surface area contributed by atoms with E-state index in [0.717, 1.165) is 0 Å². The molecule has 0 radical (unpaired) electrons. The fourth-order valence-electron chi connectivity index (χ4n) is 1.76. The van der Waals surface area contributed by atoms with E-state index in [-0.39, 0.29) is 24.7 Å². The molecule has 0 aliphatic heterocycles. The molecule has 0 aliphatic rings. The molecule has 0 saturated heterocycles. The van der Waals surface area contributed by atoms with Crippen molar-refractivity contribution in [2.45, 2.75) is 38.8 Å². The van der Waals surface area contributed by atoms with Gasteiger partial charge in [0, 0.05) is 25.2 Å². The van der Waals surface area contributed by atoms with E-state index in [2.05, 4.69) is 0 Å². The van der Waals surface area contributed by atoms with Crippen LogP contribution in [0.15, 0.2) is 24.3 Å². The van der Waals surface area contributed by atoms with Crippen molar-refractivity contribution >= 4 is 5.69 Å². The molecule has 2 atom stereocenters. The predicted octanol–water partition coefficient (Wildman–Crippen LogP) is 3.69. The fourth-order valence-corrected chi connectivity index (χ4v) is 1.76. The number of benzene rings is 1. The Bertz CT molecular complexity index is 492. The van der Waals surface area contributed by atoms with Crippen LogP contribution in [0.5, 0.6) is 5.75 Å². The summed E-state index contributed by atoms with van der Waals surface area (Å²) in [5.41, 5.74) is -0.126. The van der Waals surface area contributed by atoms with Crippen LogP contribution in [0.25, 0.3) is 0 Å². The van der Waals surface area contributed by atoms with Gasteiger partial charge in [-0.2, -0.15) is 13.2 Å². The Hall–Kier alpha value is -1.87. The minimum absolute atomic E-state index is 0.126. The van der Waals surface area contributed by atoms with Gasteiger partial charge >= 0.3 is 6.18 Å². The van der Waals surface area contributed by atoms with E-state index >= 15 is 0 Å². The van der Waals surface area contributed by atoms with E-state index in [1.54, 1.807) is 6.92 Å². The van der Waals surface area contributed by atoms with Crippen molar-refractivity contribution in [2.24, 2.45) is 0 Å². The molecule has 0 fully saturated rings. The first kappa shape index (κ1) is 19.2. The molecule has 6 nitrogen and oxygen atoms in total. The number of nitro benzene ring substituents is 1. The zero-order chi connectivity index (χ0) is 17.5. The van der Waals surface area contributed by atoms with Gasteiger partial charge in [-0.15, -0.1) is 0 Å².